The van der Waals surface area contributed by atoms with Crippen molar-refractivity contribution >= 4 is 22.6 Å². The first-order valence-electron chi connectivity index (χ1n) is 10.2. The first-order chi connectivity index (χ1) is 15.1. The van der Waals surface area contributed by atoms with Gasteiger partial charge in [0, 0.05) is 30.8 Å². The van der Waals surface area contributed by atoms with Gasteiger partial charge in [0.1, 0.15) is 23.4 Å². The number of nitrogens with zero attached hydrogens (tertiary/aromatic N) is 5. The van der Waals surface area contributed by atoms with Crippen molar-refractivity contribution < 1.29 is 8.78 Å². The number of alkyl halides is 1. The van der Waals surface area contributed by atoms with Crippen molar-refractivity contribution in [2.24, 2.45) is 0 Å². The molecule has 1 aliphatic rings. The van der Waals surface area contributed by atoms with Gasteiger partial charge < -0.3 is 0 Å². The van der Waals surface area contributed by atoms with Gasteiger partial charge in [-0.2, -0.15) is 5.10 Å². The third-order valence-electron chi connectivity index (χ3n) is 5.61. The van der Waals surface area contributed by atoms with E-state index in [1.165, 1.54) is 12.1 Å². The van der Waals surface area contributed by atoms with Gasteiger partial charge in [0.05, 0.1) is 17.0 Å². The lowest BCUT2D eigenvalue weighted by molar-refractivity contribution is 0.277. The van der Waals surface area contributed by atoms with Gasteiger partial charge in [-0.1, -0.05) is 41.9 Å². The largest absolute Gasteiger partial charge is 0.299 e. The molecule has 3 heterocycles. The molecule has 2 aromatic carbocycles. The summed E-state index contributed by atoms with van der Waals surface area (Å²) in [6, 6.07) is 15.7. The fourth-order valence-electron chi connectivity index (χ4n) is 3.99. The Labute approximate surface area is 183 Å². The van der Waals surface area contributed by atoms with Crippen LogP contribution in [-0.2, 0) is 6.54 Å². The lowest BCUT2D eigenvalue weighted by Gasteiger charge is -2.14. The van der Waals surface area contributed by atoms with Crippen LogP contribution in [0.25, 0.3) is 33.5 Å². The van der Waals surface area contributed by atoms with Crippen LogP contribution in [0, 0.1) is 5.82 Å². The summed E-state index contributed by atoms with van der Waals surface area (Å²) in [6.45, 7) is 2.35. The molecule has 0 aliphatic carbocycles. The van der Waals surface area contributed by atoms with E-state index in [0.29, 0.717) is 53.5 Å². The average molecular weight is 440 g/mol. The molecule has 5 nitrogen and oxygen atoms in total. The van der Waals surface area contributed by atoms with Crippen LogP contribution in [0.5, 0.6) is 0 Å². The average Bonchev–Trinajstić information content (AvgIpc) is 3.37. The van der Waals surface area contributed by atoms with E-state index in [1.807, 2.05) is 30.3 Å². The highest BCUT2D eigenvalue weighted by atomic mass is 35.5. The highest BCUT2D eigenvalue weighted by Crippen LogP contribution is 2.37. The zero-order valence-electron chi connectivity index (χ0n) is 16.7. The van der Waals surface area contributed by atoms with Gasteiger partial charge >= 0.3 is 0 Å². The summed E-state index contributed by atoms with van der Waals surface area (Å²) >= 11 is 6.83. The van der Waals surface area contributed by atoms with E-state index in [-0.39, 0.29) is 5.82 Å². The topological polar surface area (TPSA) is 46.8 Å². The molecule has 158 valence electrons. The molecule has 1 aliphatic heterocycles. The van der Waals surface area contributed by atoms with Crippen LogP contribution >= 0.6 is 11.6 Å². The summed E-state index contributed by atoms with van der Waals surface area (Å²) in [4.78, 5) is 2.07. The molecule has 1 atom stereocenters. The number of benzene rings is 2. The van der Waals surface area contributed by atoms with E-state index in [1.54, 1.807) is 16.8 Å². The first-order valence-corrected chi connectivity index (χ1v) is 10.6. The minimum atomic E-state index is -0.771. The summed E-state index contributed by atoms with van der Waals surface area (Å²) in [5.41, 5.74) is 3.34. The Hall–Kier alpha value is -2.90. The Bertz CT molecular complexity index is 1210. The second-order valence-corrected chi connectivity index (χ2v) is 8.07. The predicted molar refractivity (Wildman–Crippen MR) is 117 cm³/mol. The highest BCUT2D eigenvalue weighted by Gasteiger charge is 2.24. The number of fused-ring (bicyclic) bond motifs is 1. The lowest BCUT2D eigenvalue weighted by atomic mass is 10.1. The third-order valence-corrected chi connectivity index (χ3v) is 5.97. The molecule has 0 unspecified atom stereocenters. The number of likely N-dealkylation sites (tertiary alicyclic amines) is 1. The summed E-state index contributed by atoms with van der Waals surface area (Å²) in [7, 11) is 0. The lowest BCUT2D eigenvalue weighted by Crippen LogP contribution is -2.26. The zero-order chi connectivity index (χ0) is 21.4. The molecule has 1 fully saturated rings. The van der Waals surface area contributed by atoms with Gasteiger partial charge in [0.2, 0.25) is 0 Å². The van der Waals surface area contributed by atoms with E-state index >= 15 is 0 Å². The van der Waals surface area contributed by atoms with Crippen LogP contribution in [0.4, 0.5) is 8.78 Å². The van der Waals surface area contributed by atoms with Crippen LogP contribution in [0.1, 0.15) is 6.42 Å². The van der Waals surface area contributed by atoms with Crippen molar-refractivity contribution in [1.29, 1.82) is 0 Å². The van der Waals surface area contributed by atoms with Crippen LogP contribution in [0.15, 0.2) is 54.6 Å². The zero-order valence-corrected chi connectivity index (χ0v) is 17.4. The maximum Gasteiger partial charge on any atom is 0.182 e. The third kappa shape index (κ3) is 3.91. The Morgan fingerprint density at radius 1 is 0.935 bits per heavy atom. The SMILES string of the molecule is Fc1ccc(-c2nn(CCN3CC[C@@H](F)C3)c3nnc(-c4ccccc4)c(Cl)c23)cc1. The van der Waals surface area contributed by atoms with Crippen LogP contribution < -0.4 is 0 Å². The number of hydrogen-bond donors (Lipinski definition) is 0. The quantitative estimate of drug-likeness (QED) is 0.439. The minimum Gasteiger partial charge on any atom is -0.299 e. The molecule has 5 rings (SSSR count). The first kappa shape index (κ1) is 20.0. The van der Waals surface area contributed by atoms with Crippen LogP contribution in [0.2, 0.25) is 5.02 Å². The van der Waals surface area contributed by atoms with Crippen molar-refractivity contribution in [3.8, 4) is 22.5 Å². The molecule has 1 saturated heterocycles. The van der Waals surface area contributed by atoms with Crippen molar-refractivity contribution in [3.63, 3.8) is 0 Å². The monoisotopic (exact) mass is 439 g/mol. The van der Waals surface area contributed by atoms with Gasteiger partial charge in [-0.15, -0.1) is 10.2 Å². The number of rotatable bonds is 5. The molecule has 0 N–H and O–H groups in total. The molecule has 4 aromatic rings. The van der Waals surface area contributed by atoms with Gasteiger partial charge in [0.25, 0.3) is 0 Å². The van der Waals surface area contributed by atoms with E-state index < -0.39 is 6.17 Å². The van der Waals surface area contributed by atoms with E-state index in [2.05, 4.69) is 15.1 Å². The summed E-state index contributed by atoms with van der Waals surface area (Å²) < 4.78 is 28.8. The highest BCUT2D eigenvalue weighted by molar-refractivity contribution is 6.38. The van der Waals surface area contributed by atoms with Gasteiger partial charge in [-0.3, -0.25) is 4.90 Å². The second-order valence-electron chi connectivity index (χ2n) is 7.69. The van der Waals surface area contributed by atoms with Gasteiger partial charge in [-0.05, 0) is 30.7 Å². The number of aromatic nitrogens is 4. The Morgan fingerprint density at radius 2 is 1.68 bits per heavy atom. The van der Waals surface area contributed by atoms with E-state index in [9.17, 15) is 8.78 Å². The molecule has 0 amide bonds. The molecule has 8 heteroatoms. The summed E-state index contributed by atoms with van der Waals surface area (Å²) in [5.74, 6) is -0.321. The molecule has 0 bridgehead atoms. The summed E-state index contributed by atoms with van der Waals surface area (Å²) in [5, 5.41) is 14.7. The second kappa shape index (κ2) is 8.32. The van der Waals surface area contributed by atoms with Crippen molar-refractivity contribution in [2.45, 2.75) is 19.1 Å². The maximum absolute atomic E-state index is 13.5. The normalized spacial score (nSPS) is 16.9. The molecule has 0 spiro atoms. The Morgan fingerprint density at radius 3 is 2.39 bits per heavy atom. The van der Waals surface area contributed by atoms with Gasteiger partial charge in [-0.25, -0.2) is 13.5 Å². The summed E-state index contributed by atoms with van der Waals surface area (Å²) in [6.07, 6.45) is -0.209. The molecule has 31 heavy (non-hydrogen) atoms. The van der Waals surface area contributed by atoms with Gasteiger partial charge in [0.15, 0.2) is 5.65 Å². The van der Waals surface area contributed by atoms with E-state index in [4.69, 9.17) is 16.7 Å². The molecule has 0 radical (unpaired) electrons. The van der Waals surface area contributed by atoms with Crippen LogP contribution in [-0.4, -0.2) is 50.7 Å². The fourth-order valence-corrected chi connectivity index (χ4v) is 4.31. The molecular formula is C23H20ClF2N5. The van der Waals surface area contributed by atoms with Crippen molar-refractivity contribution in [3.05, 3.63) is 65.4 Å². The fraction of sp³-hybridized carbons (Fsp3) is 0.261. The maximum atomic E-state index is 13.5. The van der Waals surface area contributed by atoms with Crippen molar-refractivity contribution in [1.82, 2.24) is 24.9 Å². The predicted octanol–water partition coefficient (Wildman–Crippen LogP) is 5.00. The number of halogens is 3. The Kier molecular flexibility index (Phi) is 5.38. The molecule has 2 aromatic heterocycles. The standard InChI is InChI=1S/C23H20ClF2N5/c24-20-19-21(16-6-8-17(25)9-7-16)29-31(13-12-30-11-10-18(26)14-30)23(19)28-27-22(20)15-4-2-1-3-5-15/h1-9,18H,10-14H2/t18-/m1/s1. The molecular weight excluding hydrogens is 420 g/mol. The smallest absolute Gasteiger partial charge is 0.182 e. The van der Waals surface area contributed by atoms with Crippen molar-refractivity contribution in [2.75, 3.05) is 19.6 Å². The van der Waals surface area contributed by atoms with Crippen LogP contribution in [0.3, 0.4) is 0 Å². The minimum absolute atomic E-state index is 0.321. The van der Waals surface area contributed by atoms with E-state index in [0.717, 1.165) is 17.7 Å². The number of hydrogen-bond acceptors (Lipinski definition) is 4. The Balaban J connectivity index is 1.61. The molecule has 0 saturated carbocycles.